The third kappa shape index (κ3) is 3.40. The predicted octanol–water partition coefficient (Wildman–Crippen LogP) is 1.94. The third-order valence-electron chi connectivity index (χ3n) is 3.05. The molecule has 0 spiro atoms. The van der Waals surface area contributed by atoms with E-state index in [-0.39, 0.29) is 5.41 Å². The molecule has 1 fully saturated rings. The molecular formula is C13H22N4. The van der Waals surface area contributed by atoms with Crippen molar-refractivity contribution in [3.8, 4) is 0 Å². The van der Waals surface area contributed by atoms with Gasteiger partial charge in [0.05, 0.1) is 5.69 Å². The van der Waals surface area contributed by atoms with Crippen molar-refractivity contribution in [3.05, 3.63) is 18.0 Å². The Morgan fingerprint density at radius 2 is 2.24 bits per heavy atom. The molecule has 0 bridgehead atoms. The van der Waals surface area contributed by atoms with E-state index < -0.39 is 0 Å². The van der Waals surface area contributed by atoms with Crippen LogP contribution in [0, 0.1) is 0 Å². The van der Waals surface area contributed by atoms with Gasteiger partial charge in [-0.15, -0.1) is 0 Å². The summed E-state index contributed by atoms with van der Waals surface area (Å²) < 4.78 is 0. The molecule has 94 valence electrons. The summed E-state index contributed by atoms with van der Waals surface area (Å²) in [5, 5.41) is 6.79. The van der Waals surface area contributed by atoms with Gasteiger partial charge in [0.25, 0.3) is 0 Å². The van der Waals surface area contributed by atoms with Crippen molar-refractivity contribution >= 4 is 5.95 Å². The van der Waals surface area contributed by atoms with Crippen molar-refractivity contribution in [1.29, 1.82) is 0 Å². The van der Waals surface area contributed by atoms with Crippen molar-refractivity contribution in [2.24, 2.45) is 0 Å². The molecule has 0 saturated carbocycles. The summed E-state index contributed by atoms with van der Waals surface area (Å²) >= 11 is 0. The minimum absolute atomic E-state index is 0.0736. The summed E-state index contributed by atoms with van der Waals surface area (Å²) in [7, 11) is 0. The Balaban J connectivity index is 2.05. The maximum absolute atomic E-state index is 4.59. The monoisotopic (exact) mass is 234 g/mol. The molecule has 1 atom stereocenters. The highest BCUT2D eigenvalue weighted by atomic mass is 15.1. The van der Waals surface area contributed by atoms with Crippen LogP contribution in [0.25, 0.3) is 0 Å². The SMILES string of the molecule is CC(C)(C)c1ccnc(NC2CCCNC2)n1. The van der Waals surface area contributed by atoms with E-state index in [0.29, 0.717) is 6.04 Å². The standard InChI is InChI=1S/C13H22N4/c1-13(2,3)11-6-8-15-12(17-11)16-10-5-4-7-14-9-10/h6,8,10,14H,4-5,7,9H2,1-3H3,(H,15,16,17). The Hall–Kier alpha value is -1.16. The normalized spacial score (nSPS) is 21.2. The fourth-order valence-corrected chi connectivity index (χ4v) is 2.00. The predicted molar refractivity (Wildman–Crippen MR) is 70.2 cm³/mol. The molecule has 4 heteroatoms. The first-order valence-corrected chi connectivity index (χ1v) is 6.36. The minimum Gasteiger partial charge on any atom is -0.350 e. The molecule has 2 rings (SSSR count). The van der Waals surface area contributed by atoms with Gasteiger partial charge in [0, 0.05) is 24.2 Å². The van der Waals surface area contributed by atoms with Crippen LogP contribution in [0.1, 0.15) is 39.3 Å². The van der Waals surface area contributed by atoms with E-state index in [1.54, 1.807) is 0 Å². The lowest BCUT2D eigenvalue weighted by atomic mass is 9.92. The van der Waals surface area contributed by atoms with Crippen molar-refractivity contribution in [2.75, 3.05) is 18.4 Å². The average molecular weight is 234 g/mol. The van der Waals surface area contributed by atoms with Crippen molar-refractivity contribution < 1.29 is 0 Å². The second-order valence-corrected chi connectivity index (χ2v) is 5.70. The average Bonchev–Trinajstić information content (AvgIpc) is 2.29. The van der Waals surface area contributed by atoms with Crippen LogP contribution in [0.3, 0.4) is 0 Å². The van der Waals surface area contributed by atoms with E-state index in [1.807, 2.05) is 12.3 Å². The first kappa shape index (κ1) is 12.3. The zero-order valence-corrected chi connectivity index (χ0v) is 11.0. The number of hydrogen-bond donors (Lipinski definition) is 2. The zero-order chi connectivity index (χ0) is 12.3. The molecule has 1 unspecified atom stereocenters. The lowest BCUT2D eigenvalue weighted by Crippen LogP contribution is -2.38. The van der Waals surface area contributed by atoms with Gasteiger partial charge in [0.2, 0.25) is 5.95 Å². The van der Waals surface area contributed by atoms with Gasteiger partial charge in [0.15, 0.2) is 0 Å². The van der Waals surface area contributed by atoms with Crippen LogP contribution in [0.4, 0.5) is 5.95 Å². The van der Waals surface area contributed by atoms with Crippen LogP contribution in [0.5, 0.6) is 0 Å². The first-order chi connectivity index (χ1) is 8.05. The second-order valence-electron chi connectivity index (χ2n) is 5.70. The largest absolute Gasteiger partial charge is 0.350 e. The molecule has 1 aliphatic heterocycles. The van der Waals surface area contributed by atoms with E-state index in [9.17, 15) is 0 Å². The van der Waals surface area contributed by atoms with Gasteiger partial charge in [-0.2, -0.15) is 0 Å². The highest BCUT2D eigenvalue weighted by Crippen LogP contribution is 2.20. The molecule has 0 amide bonds. The second kappa shape index (κ2) is 5.00. The Morgan fingerprint density at radius 3 is 2.88 bits per heavy atom. The summed E-state index contributed by atoms with van der Waals surface area (Å²) in [6.07, 6.45) is 4.25. The molecule has 1 aliphatic rings. The van der Waals surface area contributed by atoms with Crippen LogP contribution in [0.15, 0.2) is 12.3 Å². The zero-order valence-electron chi connectivity index (χ0n) is 11.0. The Bertz CT molecular complexity index is 364. The van der Waals surface area contributed by atoms with Gasteiger partial charge in [-0.3, -0.25) is 0 Å². The molecule has 0 aliphatic carbocycles. The van der Waals surface area contributed by atoms with E-state index in [4.69, 9.17) is 0 Å². The molecule has 2 heterocycles. The smallest absolute Gasteiger partial charge is 0.223 e. The quantitative estimate of drug-likeness (QED) is 0.821. The highest BCUT2D eigenvalue weighted by Gasteiger charge is 2.18. The van der Waals surface area contributed by atoms with Gasteiger partial charge in [-0.05, 0) is 25.5 Å². The maximum atomic E-state index is 4.59. The van der Waals surface area contributed by atoms with Crippen LogP contribution in [-0.4, -0.2) is 29.1 Å². The van der Waals surface area contributed by atoms with Crippen LogP contribution in [-0.2, 0) is 5.41 Å². The summed E-state index contributed by atoms with van der Waals surface area (Å²) in [6.45, 7) is 8.63. The van der Waals surface area contributed by atoms with Gasteiger partial charge < -0.3 is 10.6 Å². The molecule has 2 N–H and O–H groups in total. The van der Waals surface area contributed by atoms with Crippen molar-refractivity contribution in [3.63, 3.8) is 0 Å². The Kier molecular flexibility index (Phi) is 3.62. The summed E-state index contributed by atoms with van der Waals surface area (Å²) in [6, 6.07) is 2.45. The maximum Gasteiger partial charge on any atom is 0.223 e. The molecule has 1 saturated heterocycles. The van der Waals surface area contributed by atoms with E-state index in [1.165, 1.54) is 12.8 Å². The van der Waals surface area contributed by atoms with E-state index in [2.05, 4.69) is 41.4 Å². The highest BCUT2D eigenvalue weighted by molar-refractivity contribution is 5.29. The summed E-state index contributed by atoms with van der Waals surface area (Å²) in [5.74, 6) is 0.756. The minimum atomic E-state index is 0.0736. The van der Waals surface area contributed by atoms with Gasteiger partial charge >= 0.3 is 0 Å². The van der Waals surface area contributed by atoms with Gasteiger partial charge in [-0.25, -0.2) is 9.97 Å². The Morgan fingerprint density at radius 1 is 1.41 bits per heavy atom. The molecule has 1 aromatic rings. The Labute approximate surface area is 103 Å². The molecule has 17 heavy (non-hydrogen) atoms. The fourth-order valence-electron chi connectivity index (χ4n) is 2.00. The number of hydrogen-bond acceptors (Lipinski definition) is 4. The number of aromatic nitrogens is 2. The number of anilines is 1. The number of nitrogens with one attached hydrogen (secondary N) is 2. The molecule has 4 nitrogen and oxygen atoms in total. The molecule has 1 aromatic heterocycles. The number of rotatable bonds is 2. The van der Waals surface area contributed by atoms with Crippen LogP contribution >= 0.6 is 0 Å². The molecule has 0 aromatic carbocycles. The lowest BCUT2D eigenvalue weighted by molar-refractivity contribution is 0.477. The number of nitrogens with zero attached hydrogens (tertiary/aromatic N) is 2. The number of piperidine rings is 1. The van der Waals surface area contributed by atoms with Gasteiger partial charge in [-0.1, -0.05) is 20.8 Å². The lowest BCUT2D eigenvalue weighted by Gasteiger charge is -2.24. The third-order valence-corrected chi connectivity index (χ3v) is 3.05. The first-order valence-electron chi connectivity index (χ1n) is 6.36. The van der Waals surface area contributed by atoms with Gasteiger partial charge in [0.1, 0.15) is 0 Å². The van der Waals surface area contributed by atoms with Crippen LogP contribution < -0.4 is 10.6 Å². The molecular weight excluding hydrogens is 212 g/mol. The fraction of sp³-hybridized carbons (Fsp3) is 0.692. The summed E-state index contributed by atoms with van der Waals surface area (Å²) in [5.41, 5.74) is 1.16. The van der Waals surface area contributed by atoms with Crippen molar-refractivity contribution in [2.45, 2.75) is 45.1 Å². The van der Waals surface area contributed by atoms with Crippen LogP contribution in [0.2, 0.25) is 0 Å². The van der Waals surface area contributed by atoms with E-state index in [0.717, 1.165) is 24.7 Å². The topological polar surface area (TPSA) is 49.8 Å². The van der Waals surface area contributed by atoms with Crippen molar-refractivity contribution in [1.82, 2.24) is 15.3 Å². The summed E-state index contributed by atoms with van der Waals surface area (Å²) in [4.78, 5) is 8.89. The van der Waals surface area contributed by atoms with E-state index >= 15 is 0 Å². The molecule has 0 radical (unpaired) electrons.